The Morgan fingerprint density at radius 1 is 1.16 bits per heavy atom. The smallest absolute Gasteiger partial charge is 0.251 e. The van der Waals surface area contributed by atoms with Gasteiger partial charge < -0.3 is 20.4 Å². The number of aliphatic hydroxyl groups is 1. The molecule has 0 saturated heterocycles. The Hall–Kier alpha value is -2.37. The number of nitrogens with zero attached hydrogens (tertiary/aromatic N) is 1. The molecule has 0 saturated carbocycles. The van der Waals surface area contributed by atoms with Crippen molar-refractivity contribution >= 4 is 5.91 Å². The SMILES string of the molecule is Cc1c(O)ccc(-c2cccc(C(=O)NCC(O)CN(C)C)c2)c1C. The number of phenols is 1. The van der Waals surface area contributed by atoms with Gasteiger partial charge in [0.15, 0.2) is 0 Å². The largest absolute Gasteiger partial charge is 0.508 e. The summed E-state index contributed by atoms with van der Waals surface area (Å²) in [5.41, 5.74) is 4.26. The molecule has 5 nitrogen and oxygen atoms in total. The van der Waals surface area contributed by atoms with E-state index in [1.54, 1.807) is 12.1 Å². The van der Waals surface area contributed by atoms with Gasteiger partial charge in [0.25, 0.3) is 5.91 Å². The fourth-order valence-corrected chi connectivity index (χ4v) is 2.75. The molecule has 25 heavy (non-hydrogen) atoms. The second kappa shape index (κ2) is 8.14. The van der Waals surface area contributed by atoms with Crippen LogP contribution in [0.3, 0.4) is 0 Å². The summed E-state index contributed by atoms with van der Waals surface area (Å²) >= 11 is 0. The third-order valence-corrected chi connectivity index (χ3v) is 4.27. The first-order valence-electron chi connectivity index (χ1n) is 8.30. The van der Waals surface area contributed by atoms with Crippen molar-refractivity contribution in [1.82, 2.24) is 10.2 Å². The molecule has 1 unspecified atom stereocenters. The maximum absolute atomic E-state index is 12.3. The molecule has 1 amide bonds. The van der Waals surface area contributed by atoms with Gasteiger partial charge in [-0.25, -0.2) is 0 Å². The minimum Gasteiger partial charge on any atom is -0.508 e. The van der Waals surface area contributed by atoms with Crippen LogP contribution in [0.4, 0.5) is 0 Å². The van der Waals surface area contributed by atoms with Gasteiger partial charge in [-0.1, -0.05) is 18.2 Å². The van der Waals surface area contributed by atoms with Crippen LogP contribution in [0.2, 0.25) is 0 Å². The van der Waals surface area contributed by atoms with Crippen LogP contribution >= 0.6 is 0 Å². The molecule has 0 spiro atoms. The number of hydrogen-bond donors (Lipinski definition) is 3. The number of carbonyl (C=O) groups is 1. The summed E-state index contributed by atoms with van der Waals surface area (Å²) in [4.78, 5) is 14.2. The molecule has 0 radical (unpaired) electrons. The molecule has 2 rings (SSSR count). The molecule has 0 aliphatic carbocycles. The molecule has 3 N–H and O–H groups in total. The van der Waals surface area contributed by atoms with Crippen molar-refractivity contribution < 1.29 is 15.0 Å². The van der Waals surface area contributed by atoms with Crippen LogP contribution in [-0.2, 0) is 0 Å². The molecule has 0 bridgehead atoms. The van der Waals surface area contributed by atoms with E-state index in [2.05, 4.69) is 5.32 Å². The van der Waals surface area contributed by atoms with Crippen molar-refractivity contribution in [3.05, 3.63) is 53.1 Å². The molecule has 2 aromatic carbocycles. The lowest BCUT2D eigenvalue weighted by Gasteiger charge is -2.16. The maximum Gasteiger partial charge on any atom is 0.251 e. The highest BCUT2D eigenvalue weighted by atomic mass is 16.3. The van der Waals surface area contributed by atoms with Crippen molar-refractivity contribution in [2.24, 2.45) is 0 Å². The van der Waals surface area contributed by atoms with E-state index in [9.17, 15) is 15.0 Å². The fraction of sp³-hybridized carbons (Fsp3) is 0.350. The summed E-state index contributed by atoms with van der Waals surface area (Å²) in [7, 11) is 3.74. The fourth-order valence-electron chi connectivity index (χ4n) is 2.75. The summed E-state index contributed by atoms with van der Waals surface area (Å²) in [6.45, 7) is 4.52. The molecule has 2 aromatic rings. The number of nitrogens with one attached hydrogen (secondary N) is 1. The van der Waals surface area contributed by atoms with Crippen LogP contribution < -0.4 is 5.32 Å². The first-order chi connectivity index (χ1) is 11.8. The minimum absolute atomic E-state index is 0.207. The third-order valence-electron chi connectivity index (χ3n) is 4.27. The summed E-state index contributed by atoms with van der Waals surface area (Å²) in [6, 6.07) is 10.9. The highest BCUT2D eigenvalue weighted by Gasteiger charge is 2.12. The van der Waals surface area contributed by atoms with E-state index in [-0.39, 0.29) is 18.2 Å². The zero-order chi connectivity index (χ0) is 18.6. The summed E-state index contributed by atoms with van der Waals surface area (Å²) in [5.74, 6) is 0.0536. The number of carbonyl (C=O) groups excluding carboxylic acids is 1. The van der Waals surface area contributed by atoms with E-state index < -0.39 is 6.10 Å². The molecule has 0 heterocycles. The van der Waals surface area contributed by atoms with E-state index >= 15 is 0 Å². The van der Waals surface area contributed by atoms with E-state index in [0.717, 1.165) is 22.3 Å². The molecule has 0 fully saturated rings. The van der Waals surface area contributed by atoms with Gasteiger partial charge >= 0.3 is 0 Å². The summed E-state index contributed by atoms with van der Waals surface area (Å²) in [6.07, 6.45) is -0.607. The zero-order valence-electron chi connectivity index (χ0n) is 15.2. The van der Waals surface area contributed by atoms with Gasteiger partial charge in [-0.2, -0.15) is 0 Å². The van der Waals surface area contributed by atoms with Crippen molar-refractivity contribution in [2.45, 2.75) is 20.0 Å². The Balaban J connectivity index is 2.16. The Morgan fingerprint density at radius 3 is 2.56 bits per heavy atom. The number of likely N-dealkylation sites (N-methyl/N-ethyl adjacent to an activating group) is 1. The van der Waals surface area contributed by atoms with Crippen LogP contribution in [0.1, 0.15) is 21.5 Å². The van der Waals surface area contributed by atoms with Crippen LogP contribution in [0.15, 0.2) is 36.4 Å². The molecular formula is C20H26N2O3. The Morgan fingerprint density at radius 2 is 1.88 bits per heavy atom. The minimum atomic E-state index is -0.607. The Bertz CT molecular complexity index is 757. The van der Waals surface area contributed by atoms with E-state index in [1.165, 1.54) is 0 Å². The number of aliphatic hydroxyl groups excluding tert-OH is 1. The molecule has 0 aliphatic rings. The van der Waals surface area contributed by atoms with Gasteiger partial charge in [-0.15, -0.1) is 0 Å². The van der Waals surface area contributed by atoms with Crippen LogP contribution in [0, 0.1) is 13.8 Å². The topological polar surface area (TPSA) is 72.8 Å². The molecule has 5 heteroatoms. The van der Waals surface area contributed by atoms with Crippen molar-refractivity contribution in [3.63, 3.8) is 0 Å². The molecule has 0 aromatic heterocycles. The predicted octanol–water partition coefficient (Wildman–Crippen LogP) is 2.33. The van der Waals surface area contributed by atoms with Gasteiger partial charge in [0.1, 0.15) is 5.75 Å². The zero-order valence-corrected chi connectivity index (χ0v) is 15.2. The Labute approximate surface area is 148 Å². The number of hydrogen-bond acceptors (Lipinski definition) is 4. The third kappa shape index (κ3) is 4.81. The molecular weight excluding hydrogens is 316 g/mol. The van der Waals surface area contributed by atoms with Gasteiger partial charge in [-0.3, -0.25) is 4.79 Å². The summed E-state index contributed by atoms with van der Waals surface area (Å²) in [5, 5.41) is 22.4. The molecule has 1 atom stereocenters. The van der Waals surface area contributed by atoms with Crippen molar-refractivity contribution in [1.29, 1.82) is 0 Å². The highest BCUT2D eigenvalue weighted by molar-refractivity contribution is 5.95. The van der Waals surface area contributed by atoms with Gasteiger partial charge in [0.05, 0.1) is 6.10 Å². The number of phenolic OH excluding ortho intramolecular Hbond substituents is 1. The van der Waals surface area contributed by atoms with Gasteiger partial charge in [0, 0.05) is 18.7 Å². The lowest BCUT2D eigenvalue weighted by atomic mass is 9.95. The molecule has 134 valence electrons. The highest BCUT2D eigenvalue weighted by Crippen LogP contribution is 2.30. The predicted molar refractivity (Wildman–Crippen MR) is 99.9 cm³/mol. The first kappa shape index (κ1) is 19.0. The van der Waals surface area contributed by atoms with Crippen LogP contribution in [-0.4, -0.2) is 54.3 Å². The van der Waals surface area contributed by atoms with Crippen molar-refractivity contribution in [3.8, 4) is 16.9 Å². The number of aromatic hydroxyl groups is 1. The lowest BCUT2D eigenvalue weighted by Crippen LogP contribution is -2.37. The standard InChI is InChI=1S/C20H26N2O3/c1-13-14(2)19(24)9-8-18(13)15-6-5-7-16(10-15)20(25)21-11-17(23)12-22(3)4/h5-10,17,23-24H,11-12H2,1-4H3,(H,21,25). The summed E-state index contributed by atoms with van der Waals surface area (Å²) < 4.78 is 0. The second-order valence-electron chi connectivity index (χ2n) is 6.59. The van der Waals surface area contributed by atoms with Gasteiger partial charge in [0.2, 0.25) is 0 Å². The molecule has 0 aliphatic heterocycles. The quantitative estimate of drug-likeness (QED) is 0.753. The first-order valence-corrected chi connectivity index (χ1v) is 8.30. The Kier molecular flexibility index (Phi) is 6.17. The van der Waals surface area contributed by atoms with Crippen LogP contribution in [0.5, 0.6) is 5.75 Å². The number of benzene rings is 2. The normalized spacial score (nSPS) is 12.2. The monoisotopic (exact) mass is 342 g/mol. The maximum atomic E-state index is 12.3. The van der Waals surface area contributed by atoms with Crippen molar-refractivity contribution in [2.75, 3.05) is 27.2 Å². The number of rotatable bonds is 6. The average molecular weight is 342 g/mol. The van der Waals surface area contributed by atoms with Crippen LogP contribution in [0.25, 0.3) is 11.1 Å². The van der Waals surface area contributed by atoms with Gasteiger partial charge in [-0.05, 0) is 68.4 Å². The number of amides is 1. The average Bonchev–Trinajstić information content (AvgIpc) is 2.57. The van der Waals surface area contributed by atoms with E-state index in [4.69, 9.17) is 0 Å². The lowest BCUT2D eigenvalue weighted by molar-refractivity contribution is 0.0892. The van der Waals surface area contributed by atoms with E-state index in [0.29, 0.717) is 12.1 Å². The second-order valence-corrected chi connectivity index (χ2v) is 6.59. The van der Waals surface area contributed by atoms with E-state index in [1.807, 2.05) is 57.1 Å².